The van der Waals surface area contributed by atoms with Crippen molar-refractivity contribution in [3.8, 4) is 16.2 Å². The van der Waals surface area contributed by atoms with Crippen LogP contribution in [0.3, 0.4) is 0 Å². The molecule has 0 amide bonds. The summed E-state index contributed by atoms with van der Waals surface area (Å²) in [4.78, 5) is 3.60. The highest BCUT2D eigenvalue weighted by molar-refractivity contribution is 7.80. The fraction of sp³-hybridized carbons (Fsp3) is 0.500. The first-order valence-electron chi connectivity index (χ1n) is 8.27. The molecule has 0 aliphatic heterocycles. The number of hydrogen-bond acceptors (Lipinski definition) is 5. The van der Waals surface area contributed by atoms with Crippen molar-refractivity contribution in [1.82, 2.24) is 4.90 Å². The van der Waals surface area contributed by atoms with Crippen molar-refractivity contribution in [3.05, 3.63) is 33.1 Å². The number of phenols is 1. The Morgan fingerprint density at radius 3 is 2.52 bits per heavy atom. The molecule has 0 saturated carbocycles. The predicted octanol–water partition coefficient (Wildman–Crippen LogP) is 6.10. The summed E-state index contributed by atoms with van der Waals surface area (Å²) in [5, 5.41) is 10.2. The molecule has 0 saturated heterocycles. The topological polar surface area (TPSA) is 23.5 Å². The van der Waals surface area contributed by atoms with E-state index in [0.29, 0.717) is 5.75 Å². The average Bonchev–Trinajstić information content (AvgIpc) is 2.93. The van der Waals surface area contributed by atoms with Gasteiger partial charge in [0.1, 0.15) is 9.57 Å². The summed E-state index contributed by atoms with van der Waals surface area (Å²) in [7, 11) is 3.46. The van der Waals surface area contributed by atoms with Gasteiger partial charge in [0.15, 0.2) is 0 Å². The number of unbranched alkanes of at least 4 members (excludes halogenated alkanes) is 1. The van der Waals surface area contributed by atoms with Gasteiger partial charge in [-0.05, 0) is 55.3 Å². The van der Waals surface area contributed by atoms with E-state index in [9.17, 15) is 5.11 Å². The molecule has 0 aliphatic rings. The van der Waals surface area contributed by atoms with E-state index >= 15 is 0 Å². The highest BCUT2D eigenvalue weighted by Gasteiger charge is 2.13. The first-order valence-corrected chi connectivity index (χ1v) is 10.8. The Balaban J connectivity index is 2.36. The second-order valence-electron chi connectivity index (χ2n) is 5.67. The van der Waals surface area contributed by atoms with Gasteiger partial charge in [0.05, 0.1) is 4.88 Å². The zero-order valence-electron chi connectivity index (χ0n) is 14.1. The van der Waals surface area contributed by atoms with Crippen molar-refractivity contribution in [2.75, 3.05) is 13.1 Å². The Morgan fingerprint density at radius 2 is 1.87 bits per heavy atom. The predicted molar refractivity (Wildman–Crippen MR) is 105 cm³/mol. The van der Waals surface area contributed by atoms with E-state index in [4.69, 9.17) is 12.2 Å². The summed E-state index contributed by atoms with van der Waals surface area (Å²) in [6, 6.07) is 5.98. The van der Waals surface area contributed by atoms with Crippen LogP contribution in [-0.2, 0) is 13.0 Å². The minimum Gasteiger partial charge on any atom is -0.508 e. The molecule has 1 aromatic heterocycles. The lowest BCUT2D eigenvalue weighted by atomic mass is 10.0. The Labute approximate surface area is 151 Å². The van der Waals surface area contributed by atoms with E-state index in [0.717, 1.165) is 35.4 Å². The van der Waals surface area contributed by atoms with Gasteiger partial charge in [-0.15, -0.1) is 0 Å². The van der Waals surface area contributed by atoms with Crippen molar-refractivity contribution in [2.24, 2.45) is 0 Å². The second kappa shape index (κ2) is 8.92. The first-order chi connectivity index (χ1) is 11.1. The van der Waals surface area contributed by atoms with Gasteiger partial charge < -0.3 is 5.11 Å². The normalized spacial score (nSPS) is 11.3. The number of benzene rings is 1. The van der Waals surface area contributed by atoms with Gasteiger partial charge in [-0.1, -0.05) is 60.1 Å². The Kier molecular flexibility index (Phi) is 7.21. The van der Waals surface area contributed by atoms with E-state index in [1.807, 2.05) is 12.1 Å². The summed E-state index contributed by atoms with van der Waals surface area (Å²) in [6.07, 6.45) is 3.40. The van der Waals surface area contributed by atoms with Crippen LogP contribution in [0.25, 0.3) is 10.4 Å². The van der Waals surface area contributed by atoms with E-state index in [1.54, 1.807) is 20.7 Å². The van der Waals surface area contributed by atoms with Gasteiger partial charge in [0.2, 0.25) is 0 Å². The van der Waals surface area contributed by atoms with Crippen molar-refractivity contribution in [1.29, 1.82) is 0 Å². The van der Waals surface area contributed by atoms with Crippen LogP contribution < -0.4 is 0 Å². The lowest BCUT2D eigenvalue weighted by Crippen LogP contribution is -2.22. The van der Waals surface area contributed by atoms with E-state index in [-0.39, 0.29) is 0 Å². The molecule has 126 valence electrons. The SMILES string of the molecule is CCCCc1c(-c2ccc(O)c(CN(CC)CC)c2)ssc1=S. The summed E-state index contributed by atoms with van der Waals surface area (Å²) < 4.78 is 1.02. The molecule has 1 N–H and O–H groups in total. The monoisotopic (exact) mass is 367 g/mol. The minimum absolute atomic E-state index is 0.384. The molecule has 0 bridgehead atoms. The molecule has 1 heterocycles. The van der Waals surface area contributed by atoms with Gasteiger partial charge in [-0.2, -0.15) is 0 Å². The second-order valence-corrected chi connectivity index (χ2v) is 8.49. The Morgan fingerprint density at radius 1 is 1.13 bits per heavy atom. The number of nitrogens with zero attached hydrogens (tertiary/aromatic N) is 1. The lowest BCUT2D eigenvalue weighted by molar-refractivity contribution is 0.291. The third-order valence-corrected chi connectivity index (χ3v) is 7.32. The summed E-state index contributed by atoms with van der Waals surface area (Å²) in [5.41, 5.74) is 3.50. The molecule has 2 aromatic rings. The van der Waals surface area contributed by atoms with Crippen LogP contribution in [0.2, 0.25) is 0 Å². The van der Waals surface area contributed by atoms with Crippen LogP contribution in [0.1, 0.15) is 44.7 Å². The average molecular weight is 368 g/mol. The van der Waals surface area contributed by atoms with Crippen LogP contribution in [0.5, 0.6) is 5.75 Å². The number of rotatable bonds is 8. The summed E-state index contributed by atoms with van der Waals surface area (Å²) >= 11 is 5.52. The van der Waals surface area contributed by atoms with Crippen molar-refractivity contribution >= 4 is 32.9 Å². The molecule has 0 aliphatic carbocycles. The van der Waals surface area contributed by atoms with E-state index in [1.165, 1.54) is 28.8 Å². The largest absolute Gasteiger partial charge is 0.508 e. The molecule has 23 heavy (non-hydrogen) atoms. The molecule has 0 unspecified atom stereocenters. The zero-order chi connectivity index (χ0) is 16.8. The van der Waals surface area contributed by atoms with Crippen molar-refractivity contribution < 1.29 is 5.11 Å². The minimum atomic E-state index is 0.384. The number of hydrogen-bond donors (Lipinski definition) is 1. The molecule has 5 heteroatoms. The maximum atomic E-state index is 10.2. The fourth-order valence-corrected chi connectivity index (χ4v) is 5.61. The number of aromatic hydroxyl groups is 1. The maximum Gasteiger partial charge on any atom is 0.120 e. The number of phenolic OH excluding ortho intramolecular Hbond substituents is 1. The third kappa shape index (κ3) is 4.63. The molecule has 2 nitrogen and oxygen atoms in total. The van der Waals surface area contributed by atoms with Crippen LogP contribution in [0.4, 0.5) is 0 Å². The van der Waals surface area contributed by atoms with Gasteiger partial charge in [0.25, 0.3) is 0 Å². The summed E-state index contributed by atoms with van der Waals surface area (Å²) in [5.74, 6) is 0.384. The first kappa shape index (κ1) is 18.6. The van der Waals surface area contributed by atoms with Gasteiger partial charge in [-0.25, -0.2) is 0 Å². The fourth-order valence-electron chi connectivity index (χ4n) is 2.61. The zero-order valence-corrected chi connectivity index (χ0v) is 16.5. The Hall–Kier alpha value is -0.750. The van der Waals surface area contributed by atoms with Crippen molar-refractivity contribution in [3.63, 3.8) is 0 Å². The molecule has 0 fully saturated rings. The van der Waals surface area contributed by atoms with E-state index < -0.39 is 0 Å². The lowest BCUT2D eigenvalue weighted by Gasteiger charge is -2.19. The maximum absolute atomic E-state index is 10.2. The highest BCUT2D eigenvalue weighted by atomic mass is 32.9. The third-order valence-electron chi connectivity index (χ3n) is 4.13. The quantitative estimate of drug-likeness (QED) is 0.451. The van der Waals surface area contributed by atoms with Crippen LogP contribution in [-0.4, -0.2) is 23.1 Å². The van der Waals surface area contributed by atoms with Crippen LogP contribution in [0, 0.1) is 3.82 Å². The molecule has 2 rings (SSSR count). The van der Waals surface area contributed by atoms with Gasteiger partial charge >= 0.3 is 0 Å². The Bertz CT molecular complexity index is 686. The van der Waals surface area contributed by atoms with Crippen LogP contribution >= 0.6 is 32.9 Å². The van der Waals surface area contributed by atoms with E-state index in [2.05, 4.69) is 31.7 Å². The molecule has 0 radical (unpaired) electrons. The highest BCUT2D eigenvalue weighted by Crippen LogP contribution is 2.37. The molecule has 1 aromatic carbocycles. The van der Waals surface area contributed by atoms with Crippen LogP contribution in [0.15, 0.2) is 18.2 Å². The van der Waals surface area contributed by atoms with Crippen molar-refractivity contribution in [2.45, 2.75) is 46.6 Å². The standard InChI is InChI=1S/C18H25NOS3/c1-4-7-8-15-17(22-23-18(15)21)13-9-10-16(20)14(11-13)12-19(5-2)6-3/h9-11,20H,4-8,12H2,1-3H3. The molecule has 0 atom stereocenters. The molecular weight excluding hydrogens is 342 g/mol. The molecule has 0 spiro atoms. The summed E-state index contributed by atoms with van der Waals surface area (Å²) in [6.45, 7) is 9.27. The molecular formula is C18H25NOS3. The smallest absolute Gasteiger partial charge is 0.120 e. The van der Waals surface area contributed by atoms with Gasteiger partial charge in [-0.3, -0.25) is 4.90 Å². The van der Waals surface area contributed by atoms with Gasteiger partial charge in [0, 0.05) is 12.1 Å².